The van der Waals surface area contributed by atoms with Gasteiger partial charge in [0.05, 0.1) is 6.61 Å². The molecular weight excluding hydrogens is 241 g/mol. The Hall–Kier alpha value is -1.45. The van der Waals surface area contributed by atoms with Crippen LogP contribution in [0.5, 0.6) is 5.75 Å². The highest BCUT2D eigenvalue weighted by atomic mass is 31.1. The fourth-order valence-electron chi connectivity index (χ4n) is 1.08. The van der Waals surface area contributed by atoms with Gasteiger partial charge in [-0.1, -0.05) is 23.3 Å². The van der Waals surface area contributed by atoms with Crippen molar-refractivity contribution >= 4 is 14.1 Å². The molecule has 0 aliphatic heterocycles. The molecule has 0 amide bonds. The summed E-state index contributed by atoms with van der Waals surface area (Å²) in [5, 5.41) is 2.53. The van der Waals surface area contributed by atoms with Gasteiger partial charge in [0.15, 0.2) is 5.75 Å². The van der Waals surface area contributed by atoms with Crippen LogP contribution in [0.4, 0.5) is 0 Å². The molecule has 0 saturated carbocycles. The number of hydrogen-bond acceptors (Lipinski definition) is 4. The Kier molecular flexibility index (Phi) is 5.60. The van der Waals surface area contributed by atoms with Crippen LogP contribution in [0, 0.1) is 0 Å². The molecule has 0 heterocycles. The third-order valence-corrected chi connectivity index (χ3v) is 2.85. The summed E-state index contributed by atoms with van der Waals surface area (Å²) in [7, 11) is -2.14. The lowest BCUT2D eigenvalue weighted by atomic mass is 10.3. The van der Waals surface area contributed by atoms with E-state index in [0.717, 1.165) is 0 Å². The Balaban J connectivity index is 2.42. The average molecular weight is 256 g/mol. The second-order valence-electron chi connectivity index (χ2n) is 3.26. The molecule has 1 rings (SSSR count). The summed E-state index contributed by atoms with van der Waals surface area (Å²) < 4.78 is 21.4. The van der Waals surface area contributed by atoms with Crippen molar-refractivity contribution in [2.24, 2.45) is 0 Å². The highest BCUT2D eigenvalue weighted by Gasteiger charge is 2.28. The van der Waals surface area contributed by atoms with Crippen molar-refractivity contribution in [2.75, 3.05) is 6.61 Å². The Morgan fingerprint density at radius 1 is 1.41 bits per heavy atom. The van der Waals surface area contributed by atoms with Crippen molar-refractivity contribution < 1.29 is 18.6 Å². The summed E-state index contributed by atoms with van der Waals surface area (Å²) in [5.74, 6) is 0.0321. The molecule has 92 valence electrons. The number of carbonyl (C=O) groups excluding carboxylic acids is 1. The summed E-state index contributed by atoms with van der Waals surface area (Å²) in [4.78, 5) is 11.3. The SMILES string of the molecule is CCOC(=O)[C@H](C)N[P+](=O)Oc1ccccc1. The second-order valence-corrected chi connectivity index (χ2v) is 4.22. The quantitative estimate of drug-likeness (QED) is 0.624. The van der Waals surface area contributed by atoms with Crippen LogP contribution >= 0.6 is 8.18 Å². The van der Waals surface area contributed by atoms with Gasteiger partial charge >= 0.3 is 14.1 Å². The van der Waals surface area contributed by atoms with E-state index in [1.54, 1.807) is 38.1 Å². The first-order chi connectivity index (χ1) is 8.13. The first-order valence-corrected chi connectivity index (χ1v) is 6.44. The standard InChI is InChI=1S/C11H15NO4P/c1-3-15-11(13)9(2)12-17(14)16-10-7-5-4-6-8-10/h4-9H,3H2,1-2H3,(H,12,14)/q+1/t9-/m0/s1. The largest absolute Gasteiger partial charge is 0.664 e. The predicted octanol–water partition coefficient (Wildman–Crippen LogP) is 2.26. The topological polar surface area (TPSA) is 64.6 Å². The molecular formula is C11H15NO4P+. The van der Waals surface area contributed by atoms with Crippen molar-refractivity contribution in [1.82, 2.24) is 5.09 Å². The van der Waals surface area contributed by atoms with Crippen LogP contribution in [0.2, 0.25) is 0 Å². The number of esters is 1. The van der Waals surface area contributed by atoms with Crippen molar-refractivity contribution in [2.45, 2.75) is 19.9 Å². The molecule has 1 aromatic carbocycles. The molecule has 0 bridgehead atoms. The third kappa shape index (κ3) is 4.93. The number of nitrogens with one attached hydrogen (secondary N) is 1. The lowest BCUT2D eigenvalue weighted by molar-refractivity contribution is -0.144. The molecule has 0 spiro atoms. The van der Waals surface area contributed by atoms with Crippen molar-refractivity contribution in [3.05, 3.63) is 30.3 Å². The summed E-state index contributed by atoms with van der Waals surface area (Å²) >= 11 is 0. The minimum absolute atomic E-state index is 0.293. The van der Waals surface area contributed by atoms with Gasteiger partial charge in [-0.15, -0.1) is 0 Å². The molecule has 1 N–H and O–H groups in total. The van der Waals surface area contributed by atoms with E-state index >= 15 is 0 Å². The van der Waals surface area contributed by atoms with E-state index in [0.29, 0.717) is 12.4 Å². The van der Waals surface area contributed by atoms with Gasteiger partial charge in [-0.25, -0.2) is 4.52 Å². The minimum Gasteiger partial charge on any atom is -0.465 e. The Bertz CT molecular complexity index is 382. The van der Waals surface area contributed by atoms with Gasteiger partial charge in [-0.2, -0.15) is 0 Å². The Morgan fingerprint density at radius 3 is 2.65 bits per heavy atom. The fourth-order valence-corrected chi connectivity index (χ4v) is 1.87. The van der Waals surface area contributed by atoms with Crippen molar-refractivity contribution in [3.8, 4) is 5.75 Å². The van der Waals surface area contributed by atoms with Gasteiger partial charge < -0.3 is 4.74 Å². The van der Waals surface area contributed by atoms with Crippen LogP contribution in [0.1, 0.15) is 13.8 Å². The molecule has 0 fully saturated rings. The maximum absolute atomic E-state index is 11.5. The zero-order valence-electron chi connectivity index (χ0n) is 9.75. The third-order valence-electron chi connectivity index (χ3n) is 1.87. The van der Waals surface area contributed by atoms with Gasteiger partial charge in [0.25, 0.3) is 0 Å². The van der Waals surface area contributed by atoms with Gasteiger partial charge in [0, 0.05) is 4.57 Å². The predicted molar refractivity (Wildman–Crippen MR) is 63.9 cm³/mol. The van der Waals surface area contributed by atoms with Crippen LogP contribution in [0.25, 0.3) is 0 Å². The number of hydrogen-bond donors (Lipinski definition) is 1. The minimum atomic E-state index is -2.14. The number of benzene rings is 1. The number of para-hydroxylation sites is 1. The van der Waals surface area contributed by atoms with Crippen LogP contribution in [-0.2, 0) is 14.1 Å². The molecule has 0 aliphatic carbocycles. The van der Waals surface area contributed by atoms with Crippen LogP contribution in [0.3, 0.4) is 0 Å². The van der Waals surface area contributed by atoms with E-state index in [9.17, 15) is 9.36 Å². The maximum Gasteiger partial charge on any atom is 0.664 e. The Labute approximate surface area is 101 Å². The maximum atomic E-state index is 11.5. The lowest BCUT2D eigenvalue weighted by Crippen LogP contribution is -2.31. The molecule has 0 radical (unpaired) electrons. The van der Waals surface area contributed by atoms with Gasteiger partial charge in [-0.05, 0) is 26.0 Å². The summed E-state index contributed by atoms with van der Waals surface area (Å²) in [6.45, 7) is 3.58. The van der Waals surface area contributed by atoms with Crippen LogP contribution in [-0.4, -0.2) is 18.6 Å². The monoisotopic (exact) mass is 256 g/mol. The molecule has 6 heteroatoms. The summed E-state index contributed by atoms with van der Waals surface area (Å²) in [5.41, 5.74) is 0. The van der Waals surface area contributed by atoms with Crippen LogP contribution < -0.4 is 9.61 Å². The fraction of sp³-hybridized carbons (Fsp3) is 0.364. The summed E-state index contributed by atoms with van der Waals surface area (Å²) in [6.07, 6.45) is 0. The molecule has 0 saturated heterocycles. The van der Waals surface area contributed by atoms with Crippen LogP contribution in [0.15, 0.2) is 30.3 Å². The van der Waals surface area contributed by atoms with E-state index < -0.39 is 20.2 Å². The lowest BCUT2D eigenvalue weighted by Gasteiger charge is -2.04. The molecule has 17 heavy (non-hydrogen) atoms. The van der Waals surface area contributed by atoms with E-state index in [1.165, 1.54) is 0 Å². The normalized spacial score (nSPS) is 12.7. The average Bonchev–Trinajstić information content (AvgIpc) is 2.30. The van der Waals surface area contributed by atoms with Gasteiger partial charge in [0.2, 0.25) is 0 Å². The van der Waals surface area contributed by atoms with Gasteiger partial charge in [-0.3, -0.25) is 4.79 Å². The first kappa shape index (κ1) is 13.6. The molecule has 0 aromatic heterocycles. The molecule has 2 atom stereocenters. The number of ether oxygens (including phenoxy) is 1. The van der Waals surface area contributed by atoms with Crippen molar-refractivity contribution in [3.63, 3.8) is 0 Å². The number of rotatable bonds is 6. The zero-order chi connectivity index (χ0) is 12.7. The molecule has 0 aliphatic rings. The van der Waals surface area contributed by atoms with Crippen molar-refractivity contribution in [1.29, 1.82) is 0 Å². The smallest absolute Gasteiger partial charge is 0.465 e. The molecule has 5 nitrogen and oxygen atoms in total. The number of carbonyl (C=O) groups is 1. The summed E-state index contributed by atoms with van der Waals surface area (Å²) in [6, 6.07) is 8.07. The molecule has 1 unspecified atom stereocenters. The zero-order valence-corrected chi connectivity index (χ0v) is 10.6. The van der Waals surface area contributed by atoms with Gasteiger partial charge in [0.1, 0.15) is 6.04 Å². The first-order valence-electron chi connectivity index (χ1n) is 5.26. The highest BCUT2D eigenvalue weighted by molar-refractivity contribution is 7.37. The van der Waals surface area contributed by atoms with E-state index in [2.05, 4.69) is 5.09 Å². The second kappa shape index (κ2) is 6.99. The highest BCUT2D eigenvalue weighted by Crippen LogP contribution is 2.23. The van der Waals surface area contributed by atoms with E-state index in [1.807, 2.05) is 6.07 Å². The Morgan fingerprint density at radius 2 is 2.06 bits per heavy atom. The van der Waals surface area contributed by atoms with E-state index in [4.69, 9.17) is 9.26 Å². The molecule has 1 aromatic rings. The van der Waals surface area contributed by atoms with E-state index in [-0.39, 0.29) is 0 Å².